The van der Waals surface area contributed by atoms with Crippen molar-refractivity contribution in [3.63, 3.8) is 0 Å². The summed E-state index contributed by atoms with van der Waals surface area (Å²) in [5, 5.41) is 9.60. The highest BCUT2D eigenvalue weighted by molar-refractivity contribution is 5.15. The SMILES string of the molecule is CN(C)C1(CO)CCN(Cc2ccccc2)C1. The van der Waals surface area contributed by atoms with Gasteiger partial charge in [0.05, 0.1) is 12.1 Å². The van der Waals surface area contributed by atoms with E-state index in [0.717, 1.165) is 26.1 Å². The van der Waals surface area contributed by atoms with E-state index in [9.17, 15) is 5.11 Å². The molecule has 1 aliphatic rings. The van der Waals surface area contributed by atoms with Gasteiger partial charge in [-0.2, -0.15) is 0 Å². The molecule has 94 valence electrons. The van der Waals surface area contributed by atoms with Crippen molar-refractivity contribution in [1.82, 2.24) is 9.80 Å². The van der Waals surface area contributed by atoms with Crippen molar-refractivity contribution in [3.05, 3.63) is 35.9 Å². The average Bonchev–Trinajstić information content (AvgIpc) is 2.75. The second-order valence-corrected chi connectivity index (χ2v) is 5.22. The number of likely N-dealkylation sites (tertiary alicyclic amines) is 1. The second kappa shape index (κ2) is 5.17. The van der Waals surface area contributed by atoms with E-state index in [1.54, 1.807) is 0 Å². The number of rotatable bonds is 4. The van der Waals surface area contributed by atoms with Crippen LogP contribution in [0.5, 0.6) is 0 Å². The first-order valence-corrected chi connectivity index (χ1v) is 6.21. The first kappa shape index (κ1) is 12.6. The van der Waals surface area contributed by atoms with Gasteiger partial charge in [0.15, 0.2) is 0 Å². The zero-order valence-electron chi connectivity index (χ0n) is 10.8. The Morgan fingerprint density at radius 2 is 2.00 bits per heavy atom. The van der Waals surface area contributed by atoms with Crippen LogP contribution in [0.1, 0.15) is 12.0 Å². The van der Waals surface area contributed by atoms with Gasteiger partial charge in [0.1, 0.15) is 0 Å². The maximum Gasteiger partial charge on any atom is 0.0628 e. The number of nitrogens with zero attached hydrogens (tertiary/aromatic N) is 2. The Kier molecular flexibility index (Phi) is 3.82. The molecule has 0 spiro atoms. The fourth-order valence-electron chi connectivity index (χ4n) is 2.55. The minimum Gasteiger partial charge on any atom is -0.394 e. The molecule has 1 unspecified atom stereocenters. The summed E-state index contributed by atoms with van der Waals surface area (Å²) in [6.45, 7) is 3.24. The van der Waals surface area contributed by atoms with Crippen molar-refractivity contribution >= 4 is 0 Å². The molecule has 1 heterocycles. The molecule has 17 heavy (non-hydrogen) atoms. The lowest BCUT2D eigenvalue weighted by molar-refractivity contribution is 0.0736. The fourth-order valence-corrected chi connectivity index (χ4v) is 2.55. The summed E-state index contributed by atoms with van der Waals surface area (Å²) in [7, 11) is 4.12. The minimum atomic E-state index is -0.0468. The van der Waals surface area contributed by atoms with Gasteiger partial charge in [-0.1, -0.05) is 30.3 Å². The van der Waals surface area contributed by atoms with Crippen LogP contribution in [-0.2, 0) is 6.54 Å². The van der Waals surface area contributed by atoms with Crippen LogP contribution in [0.25, 0.3) is 0 Å². The number of aliphatic hydroxyl groups excluding tert-OH is 1. The van der Waals surface area contributed by atoms with E-state index in [-0.39, 0.29) is 12.1 Å². The zero-order valence-corrected chi connectivity index (χ0v) is 10.8. The van der Waals surface area contributed by atoms with E-state index in [1.807, 2.05) is 6.07 Å². The summed E-state index contributed by atoms with van der Waals surface area (Å²) in [5.74, 6) is 0. The van der Waals surface area contributed by atoms with Crippen molar-refractivity contribution in [2.75, 3.05) is 33.8 Å². The zero-order chi connectivity index (χ0) is 12.3. The number of likely N-dealkylation sites (N-methyl/N-ethyl adjacent to an activating group) is 1. The number of benzene rings is 1. The maximum atomic E-state index is 9.60. The Bertz CT molecular complexity index is 352. The molecule has 2 rings (SSSR count). The number of hydrogen-bond donors (Lipinski definition) is 1. The molecule has 0 aliphatic carbocycles. The van der Waals surface area contributed by atoms with Crippen LogP contribution in [0.4, 0.5) is 0 Å². The Hall–Kier alpha value is -0.900. The van der Waals surface area contributed by atoms with E-state index >= 15 is 0 Å². The van der Waals surface area contributed by atoms with Crippen LogP contribution in [0, 0.1) is 0 Å². The molecule has 1 aromatic carbocycles. The third-order valence-electron chi connectivity index (χ3n) is 3.90. The fraction of sp³-hybridized carbons (Fsp3) is 0.571. The molecule has 1 fully saturated rings. The third kappa shape index (κ3) is 2.68. The molecule has 0 saturated carbocycles. The number of aliphatic hydroxyl groups is 1. The largest absolute Gasteiger partial charge is 0.394 e. The van der Waals surface area contributed by atoms with Crippen molar-refractivity contribution in [2.24, 2.45) is 0 Å². The van der Waals surface area contributed by atoms with Crippen LogP contribution in [0.2, 0.25) is 0 Å². The Morgan fingerprint density at radius 3 is 2.53 bits per heavy atom. The van der Waals surface area contributed by atoms with Gasteiger partial charge in [-0.3, -0.25) is 4.90 Å². The predicted octanol–water partition coefficient (Wildman–Crippen LogP) is 1.18. The van der Waals surface area contributed by atoms with Crippen molar-refractivity contribution in [1.29, 1.82) is 0 Å². The monoisotopic (exact) mass is 234 g/mol. The predicted molar refractivity (Wildman–Crippen MR) is 69.8 cm³/mol. The molecule has 3 nitrogen and oxygen atoms in total. The molecule has 1 N–H and O–H groups in total. The Morgan fingerprint density at radius 1 is 1.29 bits per heavy atom. The summed E-state index contributed by atoms with van der Waals surface area (Å²) in [6.07, 6.45) is 1.04. The third-order valence-corrected chi connectivity index (χ3v) is 3.90. The summed E-state index contributed by atoms with van der Waals surface area (Å²) in [4.78, 5) is 4.59. The van der Waals surface area contributed by atoms with Gasteiger partial charge in [-0.05, 0) is 26.1 Å². The lowest BCUT2D eigenvalue weighted by Gasteiger charge is -2.34. The molecular formula is C14H22N2O. The van der Waals surface area contributed by atoms with E-state index in [4.69, 9.17) is 0 Å². The molecule has 1 aliphatic heterocycles. The summed E-state index contributed by atoms with van der Waals surface area (Å²) in [5.41, 5.74) is 1.30. The Balaban J connectivity index is 1.98. The van der Waals surface area contributed by atoms with Gasteiger partial charge in [0.2, 0.25) is 0 Å². The van der Waals surface area contributed by atoms with E-state index in [2.05, 4.69) is 48.2 Å². The first-order chi connectivity index (χ1) is 8.16. The molecule has 0 radical (unpaired) electrons. The second-order valence-electron chi connectivity index (χ2n) is 5.22. The van der Waals surface area contributed by atoms with Gasteiger partial charge >= 0.3 is 0 Å². The molecule has 1 saturated heterocycles. The van der Waals surface area contributed by atoms with Gasteiger partial charge in [-0.25, -0.2) is 0 Å². The van der Waals surface area contributed by atoms with E-state index in [0.29, 0.717) is 0 Å². The highest BCUT2D eigenvalue weighted by atomic mass is 16.3. The van der Waals surface area contributed by atoms with E-state index < -0.39 is 0 Å². The highest BCUT2D eigenvalue weighted by Gasteiger charge is 2.39. The van der Waals surface area contributed by atoms with Crippen LogP contribution < -0.4 is 0 Å². The molecular weight excluding hydrogens is 212 g/mol. The smallest absolute Gasteiger partial charge is 0.0628 e. The molecule has 1 aromatic rings. The lowest BCUT2D eigenvalue weighted by atomic mass is 9.99. The molecule has 3 heteroatoms. The number of hydrogen-bond acceptors (Lipinski definition) is 3. The summed E-state index contributed by atoms with van der Waals surface area (Å²) >= 11 is 0. The standard InChI is InChI=1S/C14H22N2O/c1-15(2)14(12-17)8-9-16(11-14)10-13-6-4-3-5-7-13/h3-7,17H,8-12H2,1-2H3. The summed E-state index contributed by atoms with van der Waals surface area (Å²) in [6, 6.07) is 10.5. The topological polar surface area (TPSA) is 26.7 Å². The molecule has 1 atom stereocenters. The minimum absolute atomic E-state index is 0.0468. The first-order valence-electron chi connectivity index (χ1n) is 6.21. The van der Waals surface area contributed by atoms with Crippen molar-refractivity contribution in [2.45, 2.75) is 18.5 Å². The van der Waals surface area contributed by atoms with Crippen LogP contribution in [-0.4, -0.2) is 54.2 Å². The van der Waals surface area contributed by atoms with Crippen LogP contribution >= 0.6 is 0 Å². The molecule has 0 aromatic heterocycles. The van der Waals surface area contributed by atoms with Crippen molar-refractivity contribution < 1.29 is 5.11 Å². The van der Waals surface area contributed by atoms with Crippen LogP contribution in [0.3, 0.4) is 0 Å². The molecule has 0 bridgehead atoms. The van der Waals surface area contributed by atoms with Gasteiger partial charge in [0.25, 0.3) is 0 Å². The van der Waals surface area contributed by atoms with Gasteiger partial charge in [0, 0.05) is 19.6 Å². The average molecular weight is 234 g/mol. The van der Waals surface area contributed by atoms with E-state index in [1.165, 1.54) is 5.56 Å². The maximum absolute atomic E-state index is 9.60. The summed E-state index contributed by atoms with van der Waals surface area (Å²) < 4.78 is 0. The molecule has 0 amide bonds. The normalized spacial score (nSPS) is 25.6. The van der Waals surface area contributed by atoms with Gasteiger partial charge < -0.3 is 10.0 Å². The lowest BCUT2D eigenvalue weighted by Crippen LogP contribution is -2.49. The quantitative estimate of drug-likeness (QED) is 0.847. The highest BCUT2D eigenvalue weighted by Crippen LogP contribution is 2.26. The van der Waals surface area contributed by atoms with Gasteiger partial charge in [-0.15, -0.1) is 0 Å². The Labute approximate surface area is 104 Å². The van der Waals surface area contributed by atoms with Crippen LogP contribution in [0.15, 0.2) is 30.3 Å². The van der Waals surface area contributed by atoms with Crippen molar-refractivity contribution in [3.8, 4) is 0 Å².